The minimum atomic E-state index is 0.100. The van der Waals surface area contributed by atoms with Crippen LogP contribution in [0.2, 0.25) is 0 Å². The van der Waals surface area contributed by atoms with Gasteiger partial charge in [-0.05, 0) is 31.2 Å². The van der Waals surface area contributed by atoms with Gasteiger partial charge in [0.25, 0.3) is 0 Å². The summed E-state index contributed by atoms with van der Waals surface area (Å²) in [7, 11) is 0. The third kappa shape index (κ3) is 7.07. The van der Waals surface area contributed by atoms with Crippen LogP contribution in [0.4, 0.5) is 0 Å². The van der Waals surface area contributed by atoms with Crippen LogP contribution in [-0.2, 0) is 11.2 Å². The van der Waals surface area contributed by atoms with Crippen molar-refractivity contribution in [3.05, 3.63) is 35.9 Å². The molecule has 0 unspecified atom stereocenters. The summed E-state index contributed by atoms with van der Waals surface area (Å²) in [4.78, 5) is 11.4. The predicted octanol–water partition coefficient (Wildman–Crippen LogP) is 2.29. The minimum absolute atomic E-state index is 0.100. The number of carbonyl (C=O) groups is 1. The zero-order valence-corrected chi connectivity index (χ0v) is 10.9. The number of aryl methyl sites for hydroxylation is 1. The van der Waals surface area contributed by atoms with Gasteiger partial charge in [0.1, 0.15) is 0 Å². The van der Waals surface area contributed by atoms with Gasteiger partial charge in [-0.3, -0.25) is 4.79 Å². The van der Waals surface area contributed by atoms with Gasteiger partial charge < -0.3 is 10.4 Å². The smallest absolute Gasteiger partial charge is 0.219 e. The van der Waals surface area contributed by atoms with E-state index in [1.807, 2.05) is 6.07 Å². The van der Waals surface area contributed by atoms with Crippen molar-refractivity contribution in [1.82, 2.24) is 5.32 Å². The van der Waals surface area contributed by atoms with Gasteiger partial charge in [0.15, 0.2) is 0 Å². The second-order valence-electron chi connectivity index (χ2n) is 4.47. The number of aliphatic hydroxyl groups excluding tert-OH is 1. The van der Waals surface area contributed by atoms with Gasteiger partial charge in [-0.15, -0.1) is 0 Å². The average molecular weight is 249 g/mol. The zero-order valence-electron chi connectivity index (χ0n) is 10.9. The second-order valence-corrected chi connectivity index (χ2v) is 4.47. The third-order valence-electron chi connectivity index (χ3n) is 2.87. The van der Waals surface area contributed by atoms with Crippen LogP contribution in [0.15, 0.2) is 30.3 Å². The van der Waals surface area contributed by atoms with E-state index in [-0.39, 0.29) is 12.5 Å². The van der Waals surface area contributed by atoms with E-state index in [4.69, 9.17) is 5.11 Å². The number of benzene rings is 1. The maximum absolute atomic E-state index is 11.4. The fourth-order valence-corrected chi connectivity index (χ4v) is 1.83. The van der Waals surface area contributed by atoms with Gasteiger partial charge in [-0.1, -0.05) is 36.8 Å². The van der Waals surface area contributed by atoms with Gasteiger partial charge in [0, 0.05) is 19.6 Å². The number of unbranched alkanes of at least 4 members (excludes halogenated alkanes) is 2. The van der Waals surface area contributed by atoms with Crippen LogP contribution in [0.1, 0.15) is 37.7 Å². The maximum Gasteiger partial charge on any atom is 0.219 e. The van der Waals surface area contributed by atoms with Crippen molar-refractivity contribution in [3.8, 4) is 0 Å². The molecular weight excluding hydrogens is 226 g/mol. The molecular formula is C15H23NO2. The molecule has 0 radical (unpaired) electrons. The molecule has 0 saturated heterocycles. The molecule has 0 spiro atoms. The predicted molar refractivity (Wildman–Crippen MR) is 73.3 cm³/mol. The number of hydrogen-bond donors (Lipinski definition) is 2. The molecule has 2 N–H and O–H groups in total. The molecule has 18 heavy (non-hydrogen) atoms. The topological polar surface area (TPSA) is 49.3 Å². The Morgan fingerprint density at radius 3 is 2.56 bits per heavy atom. The Labute approximate surface area is 109 Å². The molecule has 0 aliphatic heterocycles. The van der Waals surface area contributed by atoms with Crippen LogP contribution in [0.5, 0.6) is 0 Å². The van der Waals surface area contributed by atoms with E-state index in [1.54, 1.807) is 0 Å². The molecule has 0 saturated carbocycles. The Morgan fingerprint density at radius 1 is 1.06 bits per heavy atom. The summed E-state index contributed by atoms with van der Waals surface area (Å²) in [6.45, 7) is 0.719. The molecule has 100 valence electrons. The molecule has 1 amide bonds. The fourth-order valence-electron chi connectivity index (χ4n) is 1.83. The molecule has 0 aliphatic carbocycles. The number of rotatable bonds is 9. The quantitative estimate of drug-likeness (QED) is 0.660. The van der Waals surface area contributed by atoms with Crippen LogP contribution in [0.25, 0.3) is 0 Å². The molecule has 1 rings (SSSR count). The zero-order chi connectivity index (χ0) is 13.1. The number of hydrogen-bond acceptors (Lipinski definition) is 2. The molecule has 0 bridgehead atoms. The van der Waals surface area contributed by atoms with Gasteiger partial charge >= 0.3 is 0 Å². The number of amides is 1. The molecule has 3 nitrogen and oxygen atoms in total. The lowest BCUT2D eigenvalue weighted by Gasteiger charge is -2.04. The summed E-state index contributed by atoms with van der Waals surface area (Å²) in [6.07, 6.45) is 5.49. The Balaban J connectivity index is 1.97. The van der Waals surface area contributed by atoms with Crippen molar-refractivity contribution < 1.29 is 9.90 Å². The van der Waals surface area contributed by atoms with E-state index in [2.05, 4.69) is 29.6 Å². The lowest BCUT2D eigenvalue weighted by Crippen LogP contribution is -2.24. The molecule has 1 aromatic rings. The Bertz CT molecular complexity index is 325. The first-order valence-electron chi connectivity index (χ1n) is 6.74. The summed E-state index contributed by atoms with van der Waals surface area (Å²) < 4.78 is 0. The van der Waals surface area contributed by atoms with Crippen molar-refractivity contribution >= 4 is 5.91 Å². The molecule has 0 heterocycles. The average Bonchev–Trinajstić information content (AvgIpc) is 2.40. The van der Waals surface area contributed by atoms with Crippen LogP contribution in [-0.4, -0.2) is 24.2 Å². The largest absolute Gasteiger partial charge is 0.396 e. The van der Waals surface area contributed by atoms with E-state index in [9.17, 15) is 4.79 Å². The summed E-state index contributed by atoms with van der Waals surface area (Å²) in [5, 5.41) is 11.4. The Kier molecular flexibility index (Phi) is 7.89. The standard InChI is InChI=1S/C15H23NO2/c17-13-7-12-16-15(18)11-6-2-5-10-14-8-3-1-4-9-14/h1,3-4,8-9,17H,2,5-7,10-13H2,(H,16,18). The minimum Gasteiger partial charge on any atom is -0.396 e. The van der Waals surface area contributed by atoms with E-state index >= 15 is 0 Å². The van der Waals surface area contributed by atoms with Gasteiger partial charge in [0.2, 0.25) is 5.91 Å². The third-order valence-corrected chi connectivity index (χ3v) is 2.87. The van der Waals surface area contributed by atoms with Gasteiger partial charge in [-0.2, -0.15) is 0 Å². The van der Waals surface area contributed by atoms with Crippen molar-refractivity contribution in [3.63, 3.8) is 0 Å². The highest BCUT2D eigenvalue weighted by atomic mass is 16.3. The summed E-state index contributed by atoms with van der Waals surface area (Å²) in [5.41, 5.74) is 1.37. The number of nitrogens with one attached hydrogen (secondary N) is 1. The highest BCUT2D eigenvalue weighted by Gasteiger charge is 2.00. The molecule has 3 heteroatoms. The first-order chi connectivity index (χ1) is 8.83. The van der Waals surface area contributed by atoms with Crippen LogP contribution in [0, 0.1) is 0 Å². The fraction of sp³-hybridized carbons (Fsp3) is 0.533. The Morgan fingerprint density at radius 2 is 1.83 bits per heavy atom. The first kappa shape index (κ1) is 14.7. The van der Waals surface area contributed by atoms with Crippen LogP contribution < -0.4 is 5.32 Å². The van der Waals surface area contributed by atoms with Crippen molar-refractivity contribution in [1.29, 1.82) is 0 Å². The SMILES string of the molecule is O=C(CCCCCc1ccccc1)NCCCO. The molecule has 1 aromatic carbocycles. The van der Waals surface area contributed by atoms with E-state index in [0.29, 0.717) is 19.4 Å². The Hall–Kier alpha value is -1.35. The summed E-state index contributed by atoms with van der Waals surface area (Å²) >= 11 is 0. The highest BCUT2D eigenvalue weighted by molar-refractivity contribution is 5.75. The van der Waals surface area contributed by atoms with E-state index < -0.39 is 0 Å². The van der Waals surface area contributed by atoms with Crippen molar-refractivity contribution in [2.75, 3.05) is 13.2 Å². The summed E-state index contributed by atoms with van der Waals surface area (Å²) in [6, 6.07) is 10.4. The number of aliphatic hydroxyl groups is 1. The molecule has 0 aliphatic rings. The van der Waals surface area contributed by atoms with Crippen molar-refractivity contribution in [2.45, 2.75) is 38.5 Å². The van der Waals surface area contributed by atoms with E-state index in [0.717, 1.165) is 25.7 Å². The number of carbonyl (C=O) groups excluding carboxylic acids is 1. The monoisotopic (exact) mass is 249 g/mol. The highest BCUT2D eigenvalue weighted by Crippen LogP contribution is 2.07. The lowest BCUT2D eigenvalue weighted by molar-refractivity contribution is -0.121. The molecule has 0 aromatic heterocycles. The second kappa shape index (κ2) is 9.66. The van der Waals surface area contributed by atoms with E-state index in [1.165, 1.54) is 5.56 Å². The lowest BCUT2D eigenvalue weighted by atomic mass is 10.1. The summed E-state index contributed by atoms with van der Waals surface area (Å²) in [5.74, 6) is 0.100. The molecule has 0 fully saturated rings. The maximum atomic E-state index is 11.4. The van der Waals surface area contributed by atoms with Crippen molar-refractivity contribution in [2.24, 2.45) is 0 Å². The van der Waals surface area contributed by atoms with Crippen LogP contribution >= 0.6 is 0 Å². The normalized spacial score (nSPS) is 10.3. The first-order valence-corrected chi connectivity index (χ1v) is 6.74. The van der Waals surface area contributed by atoms with Crippen LogP contribution in [0.3, 0.4) is 0 Å². The van der Waals surface area contributed by atoms with Gasteiger partial charge in [-0.25, -0.2) is 0 Å². The molecule has 0 atom stereocenters. The van der Waals surface area contributed by atoms with Gasteiger partial charge in [0.05, 0.1) is 0 Å².